The van der Waals surface area contributed by atoms with Crippen molar-refractivity contribution in [2.24, 2.45) is 0 Å². The zero-order chi connectivity index (χ0) is 18.4. The Balaban J connectivity index is 1.61. The Hall–Kier alpha value is -3.60. The van der Waals surface area contributed by atoms with Crippen molar-refractivity contribution in [3.05, 3.63) is 84.4 Å². The topological polar surface area (TPSA) is 70.2 Å². The van der Waals surface area contributed by atoms with Crippen LogP contribution in [0.3, 0.4) is 0 Å². The highest BCUT2D eigenvalue weighted by atomic mass is 16.2. The molecule has 0 spiro atoms. The summed E-state index contributed by atoms with van der Waals surface area (Å²) in [4.78, 5) is 23.2. The maximum absolute atomic E-state index is 12.1. The number of nitrogens with one attached hydrogen (secondary N) is 3. The molecule has 3 N–H and O–H groups in total. The molecule has 0 radical (unpaired) electrons. The number of amides is 2. The van der Waals surface area contributed by atoms with Gasteiger partial charge in [0.1, 0.15) is 0 Å². The highest BCUT2D eigenvalue weighted by Crippen LogP contribution is 2.21. The Morgan fingerprint density at radius 3 is 1.58 bits per heavy atom. The Morgan fingerprint density at radius 1 is 0.615 bits per heavy atom. The molecule has 3 aromatic carbocycles. The first kappa shape index (κ1) is 17.2. The van der Waals surface area contributed by atoms with Crippen molar-refractivity contribution in [2.75, 3.05) is 16.0 Å². The molecule has 0 fully saturated rings. The molecule has 3 aromatic rings. The minimum atomic E-state index is -0.139. The first-order valence-corrected chi connectivity index (χ1v) is 8.21. The second kappa shape index (κ2) is 7.98. The summed E-state index contributed by atoms with van der Waals surface area (Å²) < 4.78 is 0. The van der Waals surface area contributed by atoms with Crippen LogP contribution in [0.4, 0.5) is 22.7 Å². The summed E-state index contributed by atoms with van der Waals surface area (Å²) in [6.07, 6.45) is 0. The number of hydrogen-bond donors (Lipinski definition) is 3. The van der Waals surface area contributed by atoms with Gasteiger partial charge in [0.25, 0.3) is 5.91 Å². The molecule has 0 saturated heterocycles. The molecule has 5 heteroatoms. The second-order valence-electron chi connectivity index (χ2n) is 5.78. The summed E-state index contributed by atoms with van der Waals surface area (Å²) in [5.41, 5.74) is 3.90. The maximum atomic E-state index is 12.1. The highest BCUT2D eigenvalue weighted by Gasteiger charge is 2.05. The number of rotatable bonds is 5. The second-order valence-corrected chi connectivity index (χ2v) is 5.78. The fourth-order valence-corrected chi connectivity index (χ4v) is 2.44. The summed E-state index contributed by atoms with van der Waals surface area (Å²) >= 11 is 0. The minimum absolute atomic E-state index is 0.0983. The zero-order valence-corrected chi connectivity index (χ0v) is 14.3. The van der Waals surface area contributed by atoms with E-state index in [9.17, 15) is 9.59 Å². The summed E-state index contributed by atoms with van der Waals surface area (Å²) in [7, 11) is 0. The van der Waals surface area contributed by atoms with Crippen LogP contribution in [0.1, 0.15) is 17.3 Å². The van der Waals surface area contributed by atoms with Crippen LogP contribution in [-0.4, -0.2) is 11.8 Å². The maximum Gasteiger partial charge on any atom is 0.255 e. The lowest BCUT2D eigenvalue weighted by Gasteiger charge is -2.10. The van der Waals surface area contributed by atoms with Crippen molar-refractivity contribution in [2.45, 2.75) is 6.92 Å². The molecule has 130 valence electrons. The molecule has 5 nitrogen and oxygen atoms in total. The van der Waals surface area contributed by atoms with E-state index in [0.29, 0.717) is 5.56 Å². The van der Waals surface area contributed by atoms with E-state index >= 15 is 0 Å². The normalized spacial score (nSPS) is 10.0. The van der Waals surface area contributed by atoms with Crippen LogP contribution in [0, 0.1) is 0 Å². The van der Waals surface area contributed by atoms with E-state index in [0.717, 1.165) is 22.7 Å². The van der Waals surface area contributed by atoms with Gasteiger partial charge in [-0.1, -0.05) is 18.2 Å². The largest absolute Gasteiger partial charge is 0.356 e. The van der Waals surface area contributed by atoms with Crippen molar-refractivity contribution in [1.29, 1.82) is 0 Å². The third-order valence-electron chi connectivity index (χ3n) is 3.67. The number of benzene rings is 3. The van der Waals surface area contributed by atoms with Gasteiger partial charge in [-0.25, -0.2) is 0 Å². The monoisotopic (exact) mass is 345 g/mol. The van der Waals surface area contributed by atoms with Crippen molar-refractivity contribution < 1.29 is 9.59 Å². The summed E-state index contributed by atoms with van der Waals surface area (Å²) in [5, 5.41) is 8.87. The van der Waals surface area contributed by atoms with Gasteiger partial charge in [0.05, 0.1) is 0 Å². The lowest BCUT2D eigenvalue weighted by Crippen LogP contribution is -2.11. The number of hydrogen-bond acceptors (Lipinski definition) is 3. The third kappa shape index (κ3) is 4.70. The Bertz CT molecular complexity index is 889. The van der Waals surface area contributed by atoms with Crippen LogP contribution in [0.25, 0.3) is 0 Å². The Morgan fingerprint density at radius 2 is 1.08 bits per heavy atom. The lowest BCUT2D eigenvalue weighted by molar-refractivity contribution is -0.114. The van der Waals surface area contributed by atoms with Gasteiger partial charge in [-0.15, -0.1) is 0 Å². The van der Waals surface area contributed by atoms with Gasteiger partial charge in [0.15, 0.2) is 0 Å². The number of carbonyl (C=O) groups is 2. The molecular weight excluding hydrogens is 326 g/mol. The number of anilines is 4. The molecule has 0 aliphatic heterocycles. The van der Waals surface area contributed by atoms with Crippen LogP contribution in [0.5, 0.6) is 0 Å². The molecule has 2 amide bonds. The molecule has 0 aliphatic rings. The third-order valence-corrected chi connectivity index (χ3v) is 3.67. The average Bonchev–Trinajstić information content (AvgIpc) is 2.65. The Labute approximate surface area is 152 Å². The van der Waals surface area contributed by atoms with Gasteiger partial charge in [-0.05, 0) is 60.7 Å². The fraction of sp³-hybridized carbons (Fsp3) is 0.0476. The van der Waals surface area contributed by atoms with E-state index in [1.54, 1.807) is 12.1 Å². The molecule has 0 atom stereocenters. The van der Waals surface area contributed by atoms with Gasteiger partial charge in [-0.3, -0.25) is 9.59 Å². The molecule has 0 saturated carbocycles. The molecule has 26 heavy (non-hydrogen) atoms. The van der Waals surface area contributed by atoms with Crippen molar-refractivity contribution >= 4 is 34.6 Å². The smallest absolute Gasteiger partial charge is 0.255 e. The van der Waals surface area contributed by atoms with E-state index in [1.165, 1.54) is 6.92 Å². The first-order chi connectivity index (χ1) is 12.6. The predicted octanol–water partition coefficient (Wildman–Crippen LogP) is 4.64. The van der Waals surface area contributed by atoms with Crippen molar-refractivity contribution in [3.63, 3.8) is 0 Å². The van der Waals surface area contributed by atoms with Crippen molar-refractivity contribution in [1.82, 2.24) is 0 Å². The molecule has 0 heterocycles. The molecule has 0 aromatic heterocycles. The van der Waals surface area contributed by atoms with E-state index in [-0.39, 0.29) is 11.8 Å². The van der Waals surface area contributed by atoms with Crippen molar-refractivity contribution in [3.8, 4) is 0 Å². The standard InChI is InChI=1S/C21H19N3O2/c1-15(25)22-17-7-9-18(10-8-17)23-19-11-13-20(14-12-19)24-21(26)16-5-3-2-4-6-16/h2-14,23H,1H3,(H,22,25)(H,24,26). The van der Waals surface area contributed by atoms with E-state index in [2.05, 4.69) is 16.0 Å². The van der Waals surface area contributed by atoms with E-state index < -0.39 is 0 Å². The van der Waals surface area contributed by atoms with Gasteiger partial charge in [-0.2, -0.15) is 0 Å². The van der Waals surface area contributed by atoms with Gasteiger partial charge < -0.3 is 16.0 Å². The fourth-order valence-electron chi connectivity index (χ4n) is 2.44. The Kier molecular flexibility index (Phi) is 5.29. The van der Waals surface area contributed by atoms with Crippen LogP contribution in [0.15, 0.2) is 78.9 Å². The summed E-state index contributed by atoms with van der Waals surface area (Å²) in [5.74, 6) is -0.237. The molecule has 0 aliphatic carbocycles. The minimum Gasteiger partial charge on any atom is -0.356 e. The lowest BCUT2D eigenvalue weighted by atomic mass is 10.2. The SMILES string of the molecule is CC(=O)Nc1ccc(Nc2ccc(NC(=O)c3ccccc3)cc2)cc1. The van der Waals surface area contributed by atoms with Gasteiger partial charge in [0.2, 0.25) is 5.91 Å². The van der Waals surface area contributed by atoms with Gasteiger partial charge in [0, 0.05) is 35.2 Å². The first-order valence-electron chi connectivity index (χ1n) is 8.21. The van der Waals surface area contributed by atoms with Crippen LogP contribution >= 0.6 is 0 Å². The molecule has 0 bridgehead atoms. The summed E-state index contributed by atoms with van der Waals surface area (Å²) in [6, 6.07) is 24.0. The molecule has 3 rings (SSSR count). The van der Waals surface area contributed by atoms with Gasteiger partial charge >= 0.3 is 0 Å². The van der Waals surface area contributed by atoms with Crippen LogP contribution in [-0.2, 0) is 4.79 Å². The number of carbonyl (C=O) groups excluding carboxylic acids is 2. The van der Waals surface area contributed by atoms with Crippen LogP contribution in [0.2, 0.25) is 0 Å². The van der Waals surface area contributed by atoms with Crippen LogP contribution < -0.4 is 16.0 Å². The quantitative estimate of drug-likeness (QED) is 0.631. The predicted molar refractivity (Wildman–Crippen MR) is 105 cm³/mol. The summed E-state index contributed by atoms with van der Waals surface area (Å²) in [6.45, 7) is 1.48. The molecule has 0 unspecified atom stereocenters. The van der Waals surface area contributed by atoms with E-state index in [4.69, 9.17) is 0 Å². The molecular formula is C21H19N3O2. The van der Waals surface area contributed by atoms with E-state index in [1.807, 2.05) is 66.7 Å². The average molecular weight is 345 g/mol. The zero-order valence-electron chi connectivity index (χ0n) is 14.3. The highest BCUT2D eigenvalue weighted by molar-refractivity contribution is 6.04.